The normalized spacial score (nSPS) is 17.0. The quantitative estimate of drug-likeness (QED) is 0.255. The molecule has 0 aliphatic carbocycles. The minimum Gasteiger partial charge on any atom is -0.368 e. The zero-order valence-electron chi connectivity index (χ0n) is 21.1. The van der Waals surface area contributed by atoms with Gasteiger partial charge in [-0.3, -0.25) is 19.1 Å². The van der Waals surface area contributed by atoms with Crippen LogP contribution in [0.1, 0.15) is 29.4 Å². The number of carbonyl (C=O) groups excluding carboxylic acids is 3. The monoisotopic (exact) mass is 594 g/mol. The molecule has 11 nitrogen and oxygen atoms in total. The summed E-state index contributed by atoms with van der Waals surface area (Å²) in [5.41, 5.74) is 8.47. The maximum Gasteiger partial charge on any atom is 0.248 e. The molecule has 0 saturated carbocycles. The summed E-state index contributed by atoms with van der Waals surface area (Å²) in [6.07, 6.45) is 1.66. The molecule has 1 aromatic carbocycles. The number of carbonyl (C=O) groups is 3. The van der Waals surface area contributed by atoms with Gasteiger partial charge in [0.15, 0.2) is 5.78 Å². The van der Waals surface area contributed by atoms with Crippen LogP contribution in [0, 0.1) is 6.92 Å². The summed E-state index contributed by atoms with van der Waals surface area (Å²) in [7, 11) is 0. The number of nitrogens with zero attached hydrogens (tertiary/aromatic N) is 6. The Morgan fingerprint density at radius 3 is 2.62 bits per heavy atom. The van der Waals surface area contributed by atoms with Crippen molar-refractivity contribution in [1.29, 1.82) is 0 Å². The van der Waals surface area contributed by atoms with E-state index in [1.807, 2.05) is 0 Å². The third-order valence-electron chi connectivity index (χ3n) is 6.55. The molecule has 200 valence electrons. The molecule has 4 heterocycles. The first-order chi connectivity index (χ1) is 18.6. The Labute approximate surface area is 230 Å². The zero-order valence-corrected chi connectivity index (χ0v) is 22.6. The number of alkyl halides is 1. The van der Waals surface area contributed by atoms with Crippen molar-refractivity contribution in [1.82, 2.24) is 29.6 Å². The lowest BCUT2D eigenvalue weighted by atomic mass is 10.0. The maximum atomic E-state index is 14.5. The molecule has 0 radical (unpaired) electrons. The molecule has 5 rings (SSSR count). The average Bonchev–Trinajstić information content (AvgIpc) is 3.47. The first-order valence-electron chi connectivity index (χ1n) is 12.1. The van der Waals surface area contributed by atoms with E-state index in [2.05, 4.69) is 41.3 Å². The number of fused-ring (bicyclic) bond motifs is 1. The molecule has 3 N–H and O–H groups in total. The lowest BCUT2D eigenvalue weighted by Gasteiger charge is -2.24. The van der Waals surface area contributed by atoms with E-state index in [4.69, 9.17) is 5.73 Å². The second kappa shape index (κ2) is 10.5. The third kappa shape index (κ3) is 5.35. The fourth-order valence-corrected chi connectivity index (χ4v) is 4.90. The van der Waals surface area contributed by atoms with E-state index in [1.54, 1.807) is 49.6 Å². The maximum absolute atomic E-state index is 14.5. The number of aromatic nitrogens is 5. The van der Waals surface area contributed by atoms with E-state index in [0.717, 1.165) is 11.1 Å². The summed E-state index contributed by atoms with van der Waals surface area (Å²) < 4.78 is 16.4. The van der Waals surface area contributed by atoms with E-state index >= 15 is 0 Å². The fraction of sp³-hybridized carbons (Fsp3) is 0.269. The number of ketones is 1. The van der Waals surface area contributed by atoms with Crippen LogP contribution in [0.2, 0.25) is 0 Å². The predicted octanol–water partition coefficient (Wildman–Crippen LogP) is 3.32. The molecule has 1 fully saturated rings. The van der Waals surface area contributed by atoms with Gasteiger partial charge < -0.3 is 16.0 Å². The molecule has 0 spiro atoms. The van der Waals surface area contributed by atoms with E-state index in [0.29, 0.717) is 26.9 Å². The number of pyridine rings is 1. The molecule has 39 heavy (non-hydrogen) atoms. The number of halogens is 2. The molecular formula is C26H24BrFN8O3. The highest BCUT2D eigenvalue weighted by Crippen LogP contribution is 2.28. The van der Waals surface area contributed by atoms with Gasteiger partial charge in [-0.1, -0.05) is 12.1 Å². The topological polar surface area (TPSA) is 149 Å². The number of likely N-dealkylation sites (tertiary alicyclic amines) is 1. The van der Waals surface area contributed by atoms with Crippen LogP contribution in [0.3, 0.4) is 0 Å². The Kier molecular flexibility index (Phi) is 7.08. The Morgan fingerprint density at radius 2 is 1.90 bits per heavy atom. The number of nitrogen functional groups attached to an aromatic ring is 1. The van der Waals surface area contributed by atoms with Crippen LogP contribution in [-0.4, -0.2) is 66.0 Å². The number of anilines is 2. The number of benzene rings is 1. The van der Waals surface area contributed by atoms with Gasteiger partial charge in [-0.2, -0.15) is 5.10 Å². The molecular weight excluding hydrogens is 571 g/mol. The van der Waals surface area contributed by atoms with Gasteiger partial charge >= 0.3 is 0 Å². The van der Waals surface area contributed by atoms with Crippen LogP contribution in [0.25, 0.3) is 22.0 Å². The molecule has 0 unspecified atom stereocenters. The van der Waals surface area contributed by atoms with Crippen LogP contribution in [-0.2, 0) is 16.1 Å². The van der Waals surface area contributed by atoms with Gasteiger partial charge in [-0.05, 0) is 52.2 Å². The number of rotatable bonds is 6. The molecule has 1 aliphatic rings. The van der Waals surface area contributed by atoms with Crippen LogP contribution >= 0.6 is 15.9 Å². The highest BCUT2D eigenvalue weighted by Gasteiger charge is 2.40. The number of nitrogens with two attached hydrogens (primary N) is 1. The Bertz CT molecular complexity index is 1610. The van der Waals surface area contributed by atoms with E-state index in [1.165, 1.54) is 16.5 Å². The summed E-state index contributed by atoms with van der Waals surface area (Å²) in [5, 5.41) is 7.64. The molecule has 0 bridgehead atoms. The number of Topliss-reactive ketones (excluding diaryl/α,β-unsaturated/α-hetero) is 1. The minimum atomic E-state index is -1.35. The Hall–Kier alpha value is -4.26. The van der Waals surface area contributed by atoms with Crippen molar-refractivity contribution in [2.75, 3.05) is 17.6 Å². The smallest absolute Gasteiger partial charge is 0.248 e. The summed E-state index contributed by atoms with van der Waals surface area (Å²) >= 11 is 3.27. The molecule has 1 aliphatic heterocycles. The van der Waals surface area contributed by atoms with Crippen molar-refractivity contribution in [3.63, 3.8) is 0 Å². The van der Waals surface area contributed by atoms with E-state index < -0.39 is 24.0 Å². The summed E-state index contributed by atoms with van der Waals surface area (Å²) in [4.78, 5) is 52.3. The van der Waals surface area contributed by atoms with Gasteiger partial charge in [0.1, 0.15) is 34.9 Å². The number of amides is 2. The van der Waals surface area contributed by atoms with Gasteiger partial charge in [-0.15, -0.1) is 0 Å². The molecule has 4 aromatic rings. The summed E-state index contributed by atoms with van der Waals surface area (Å²) in [6.45, 7) is 2.67. The number of hydrogen-bond acceptors (Lipinski definition) is 8. The SMILES string of the molecule is CC(=O)c1nn(CC(=O)N2C[C@H](F)C[C@H]2C(=O)Nc2nc(Br)ccc2C)c2ccc(-c3cnc(N)nc3)cc12. The van der Waals surface area contributed by atoms with Crippen LogP contribution in [0.15, 0.2) is 47.3 Å². The molecule has 3 aromatic heterocycles. The first kappa shape index (κ1) is 26.4. The predicted molar refractivity (Wildman–Crippen MR) is 145 cm³/mol. The van der Waals surface area contributed by atoms with Crippen molar-refractivity contribution in [3.05, 3.63) is 58.6 Å². The van der Waals surface area contributed by atoms with Crippen LogP contribution in [0.4, 0.5) is 16.2 Å². The second-order valence-corrected chi connectivity index (χ2v) is 10.1. The molecule has 1 saturated heterocycles. The largest absolute Gasteiger partial charge is 0.368 e. The lowest BCUT2D eigenvalue weighted by Crippen LogP contribution is -2.44. The van der Waals surface area contributed by atoms with Gasteiger partial charge in [-0.25, -0.2) is 19.3 Å². The lowest BCUT2D eigenvalue weighted by molar-refractivity contribution is -0.137. The van der Waals surface area contributed by atoms with Gasteiger partial charge in [0.05, 0.1) is 12.1 Å². The van der Waals surface area contributed by atoms with Crippen molar-refractivity contribution in [3.8, 4) is 11.1 Å². The number of nitrogens with one attached hydrogen (secondary N) is 1. The van der Waals surface area contributed by atoms with Gasteiger partial charge in [0, 0.05) is 36.7 Å². The average molecular weight is 595 g/mol. The van der Waals surface area contributed by atoms with Gasteiger partial charge in [0.25, 0.3) is 0 Å². The van der Waals surface area contributed by atoms with Crippen molar-refractivity contribution >= 4 is 56.2 Å². The van der Waals surface area contributed by atoms with Gasteiger partial charge in [0.2, 0.25) is 17.8 Å². The first-order valence-corrected chi connectivity index (χ1v) is 12.9. The Balaban J connectivity index is 1.41. The third-order valence-corrected chi connectivity index (χ3v) is 6.99. The molecule has 13 heteroatoms. The van der Waals surface area contributed by atoms with E-state index in [9.17, 15) is 18.8 Å². The Morgan fingerprint density at radius 1 is 1.15 bits per heavy atom. The second-order valence-electron chi connectivity index (χ2n) is 9.31. The van der Waals surface area contributed by atoms with Crippen molar-refractivity contribution in [2.45, 2.75) is 39.0 Å². The highest BCUT2D eigenvalue weighted by atomic mass is 79.9. The van der Waals surface area contributed by atoms with Crippen molar-refractivity contribution < 1.29 is 18.8 Å². The van der Waals surface area contributed by atoms with Crippen LogP contribution in [0.5, 0.6) is 0 Å². The number of aryl methyl sites for hydroxylation is 1. The fourth-order valence-electron chi connectivity index (χ4n) is 4.59. The molecule has 2 amide bonds. The van der Waals surface area contributed by atoms with Crippen LogP contribution < -0.4 is 11.1 Å². The molecule has 2 atom stereocenters. The number of hydrogen-bond donors (Lipinski definition) is 2. The standard InChI is InChI=1S/C26H24BrFN8O3/c1-13-3-6-21(27)32-24(13)33-25(39)20-8-17(28)11-35(20)22(38)12-36-19-5-4-15(16-9-30-26(29)31-10-16)7-18(19)23(34-36)14(2)37/h3-7,9-10,17,20H,8,11-12H2,1-2H3,(H2,29,30,31)(H,32,33,39)/t17-,20+/m1/s1. The zero-order chi connectivity index (χ0) is 27.8. The van der Waals surface area contributed by atoms with Crippen molar-refractivity contribution in [2.24, 2.45) is 0 Å². The minimum absolute atomic E-state index is 0.129. The highest BCUT2D eigenvalue weighted by molar-refractivity contribution is 9.10. The summed E-state index contributed by atoms with van der Waals surface area (Å²) in [6, 6.07) is 7.81. The van der Waals surface area contributed by atoms with E-state index in [-0.39, 0.29) is 36.9 Å². The summed E-state index contributed by atoms with van der Waals surface area (Å²) in [5.74, 6) is -0.832.